The molecule has 1 rings (SSSR count). The van der Waals surface area contributed by atoms with Gasteiger partial charge in [0.15, 0.2) is 0 Å². The second kappa shape index (κ2) is 4.23. The van der Waals surface area contributed by atoms with E-state index in [-0.39, 0.29) is 10.8 Å². The molecule has 0 unspecified atom stereocenters. The average Bonchev–Trinajstić information content (AvgIpc) is 2.49. The molecular formula is C7H8ClNO2S2. The highest BCUT2D eigenvalue weighted by Crippen LogP contribution is 2.24. The first-order valence-corrected chi connectivity index (χ1v) is 6.10. The zero-order chi connectivity index (χ0) is 9.90. The maximum Gasteiger partial charge on any atom is 0.250 e. The number of nitrogens with one attached hydrogen (secondary N) is 1. The van der Waals surface area contributed by atoms with Gasteiger partial charge in [-0.15, -0.1) is 17.9 Å². The van der Waals surface area contributed by atoms with E-state index in [1.807, 2.05) is 0 Å². The second-order valence-electron chi connectivity index (χ2n) is 2.20. The van der Waals surface area contributed by atoms with E-state index in [9.17, 15) is 8.42 Å². The van der Waals surface area contributed by atoms with Crippen LogP contribution in [0.2, 0.25) is 4.34 Å². The Labute approximate surface area is 86.1 Å². The first-order chi connectivity index (χ1) is 6.06. The maximum absolute atomic E-state index is 11.4. The highest BCUT2D eigenvalue weighted by Gasteiger charge is 2.14. The molecule has 1 aromatic heterocycles. The molecule has 0 aromatic carbocycles. The van der Waals surface area contributed by atoms with Gasteiger partial charge in [0.2, 0.25) is 10.0 Å². The topological polar surface area (TPSA) is 46.2 Å². The summed E-state index contributed by atoms with van der Waals surface area (Å²) in [7, 11) is -3.39. The van der Waals surface area contributed by atoms with E-state index in [1.165, 1.54) is 12.1 Å². The molecule has 72 valence electrons. The molecule has 0 saturated heterocycles. The molecule has 0 radical (unpaired) electrons. The minimum absolute atomic E-state index is 0.220. The third-order valence-corrected chi connectivity index (χ3v) is 4.38. The van der Waals surface area contributed by atoms with Crippen LogP contribution in [0, 0.1) is 0 Å². The van der Waals surface area contributed by atoms with Crippen LogP contribution in [0.15, 0.2) is 29.0 Å². The Morgan fingerprint density at radius 2 is 2.31 bits per heavy atom. The first-order valence-electron chi connectivity index (χ1n) is 3.42. The average molecular weight is 238 g/mol. The molecule has 3 nitrogen and oxygen atoms in total. The summed E-state index contributed by atoms with van der Waals surface area (Å²) in [4.78, 5) is 0. The van der Waals surface area contributed by atoms with E-state index >= 15 is 0 Å². The van der Waals surface area contributed by atoms with Crippen LogP contribution in [-0.4, -0.2) is 15.0 Å². The Morgan fingerprint density at radius 3 is 2.77 bits per heavy atom. The van der Waals surface area contributed by atoms with Crippen LogP contribution >= 0.6 is 22.9 Å². The molecule has 1 aromatic rings. The largest absolute Gasteiger partial charge is 0.250 e. The van der Waals surface area contributed by atoms with Crippen molar-refractivity contribution >= 4 is 33.0 Å². The quantitative estimate of drug-likeness (QED) is 0.813. The summed E-state index contributed by atoms with van der Waals surface area (Å²) in [6, 6.07) is 3.02. The van der Waals surface area contributed by atoms with Gasteiger partial charge >= 0.3 is 0 Å². The van der Waals surface area contributed by atoms with Crippen molar-refractivity contribution in [2.45, 2.75) is 4.21 Å². The van der Waals surface area contributed by atoms with Gasteiger partial charge in [0, 0.05) is 6.54 Å². The summed E-state index contributed by atoms with van der Waals surface area (Å²) in [5.74, 6) is 0. The Morgan fingerprint density at radius 1 is 1.62 bits per heavy atom. The number of hydrogen-bond acceptors (Lipinski definition) is 3. The molecule has 1 heterocycles. The fourth-order valence-electron chi connectivity index (χ4n) is 0.682. The smallest absolute Gasteiger partial charge is 0.207 e. The van der Waals surface area contributed by atoms with Crippen LogP contribution in [0.3, 0.4) is 0 Å². The predicted molar refractivity (Wildman–Crippen MR) is 54.7 cm³/mol. The zero-order valence-electron chi connectivity index (χ0n) is 6.66. The van der Waals surface area contributed by atoms with Gasteiger partial charge in [-0.1, -0.05) is 17.7 Å². The van der Waals surface area contributed by atoms with Gasteiger partial charge in [-0.05, 0) is 12.1 Å². The fraction of sp³-hybridized carbons (Fsp3) is 0.143. The van der Waals surface area contributed by atoms with Crippen molar-refractivity contribution in [3.63, 3.8) is 0 Å². The summed E-state index contributed by atoms with van der Waals surface area (Å²) < 4.78 is 25.8. The molecule has 0 aliphatic heterocycles. The van der Waals surface area contributed by atoms with Gasteiger partial charge in [-0.3, -0.25) is 0 Å². The summed E-state index contributed by atoms with van der Waals surface area (Å²) in [6.07, 6.45) is 1.48. The van der Waals surface area contributed by atoms with Crippen LogP contribution in [0.1, 0.15) is 0 Å². The second-order valence-corrected chi connectivity index (χ2v) is 5.91. The van der Waals surface area contributed by atoms with E-state index in [2.05, 4.69) is 11.3 Å². The van der Waals surface area contributed by atoms with Crippen molar-refractivity contribution < 1.29 is 8.42 Å². The number of halogens is 1. The Bertz CT molecular complexity index is 396. The number of thiophene rings is 1. The number of hydrogen-bond donors (Lipinski definition) is 1. The van der Waals surface area contributed by atoms with E-state index < -0.39 is 10.0 Å². The Kier molecular flexibility index (Phi) is 3.49. The molecule has 0 amide bonds. The van der Waals surface area contributed by atoms with Gasteiger partial charge in [0.05, 0.1) is 4.34 Å². The molecule has 1 N–H and O–H groups in total. The summed E-state index contributed by atoms with van der Waals surface area (Å²) in [6.45, 7) is 3.63. The molecule has 0 aliphatic carbocycles. The lowest BCUT2D eigenvalue weighted by molar-refractivity contribution is 0.588. The number of rotatable bonds is 4. The highest BCUT2D eigenvalue weighted by molar-refractivity contribution is 7.91. The fourth-order valence-corrected chi connectivity index (χ4v) is 3.21. The first kappa shape index (κ1) is 10.7. The summed E-state index contributed by atoms with van der Waals surface area (Å²) in [5, 5.41) is 0. The van der Waals surface area contributed by atoms with Crippen molar-refractivity contribution in [2.75, 3.05) is 6.54 Å². The molecule has 6 heteroatoms. The molecule has 0 spiro atoms. The molecule has 0 saturated carbocycles. The van der Waals surface area contributed by atoms with Gasteiger partial charge in [-0.2, -0.15) is 0 Å². The van der Waals surface area contributed by atoms with E-state index in [0.29, 0.717) is 4.34 Å². The maximum atomic E-state index is 11.4. The lowest BCUT2D eigenvalue weighted by atomic mass is 10.7. The van der Waals surface area contributed by atoms with Crippen molar-refractivity contribution in [3.8, 4) is 0 Å². The van der Waals surface area contributed by atoms with E-state index in [0.717, 1.165) is 11.3 Å². The van der Waals surface area contributed by atoms with Crippen LogP contribution in [0.25, 0.3) is 0 Å². The minimum atomic E-state index is -3.39. The van der Waals surface area contributed by atoms with Gasteiger partial charge in [-0.25, -0.2) is 13.1 Å². The molecule has 13 heavy (non-hydrogen) atoms. The van der Waals surface area contributed by atoms with Gasteiger partial charge in [0.25, 0.3) is 0 Å². The highest BCUT2D eigenvalue weighted by atomic mass is 35.5. The lowest BCUT2D eigenvalue weighted by Crippen LogP contribution is -2.22. The molecular weight excluding hydrogens is 230 g/mol. The van der Waals surface area contributed by atoms with Crippen molar-refractivity contribution in [1.29, 1.82) is 0 Å². The predicted octanol–water partition coefficient (Wildman–Crippen LogP) is 1.87. The number of sulfonamides is 1. The van der Waals surface area contributed by atoms with Gasteiger partial charge < -0.3 is 0 Å². The third kappa shape index (κ3) is 2.80. The van der Waals surface area contributed by atoms with Crippen LogP contribution < -0.4 is 4.72 Å². The van der Waals surface area contributed by atoms with Crippen LogP contribution in [-0.2, 0) is 10.0 Å². The standard InChI is InChI=1S/C7H8ClNO2S2/c1-2-5-9-13(10,11)7-4-3-6(8)12-7/h2-4,9H,1,5H2. The minimum Gasteiger partial charge on any atom is -0.207 e. The molecule has 0 atom stereocenters. The van der Waals surface area contributed by atoms with Crippen LogP contribution in [0.4, 0.5) is 0 Å². The van der Waals surface area contributed by atoms with Crippen molar-refractivity contribution in [2.24, 2.45) is 0 Å². The Balaban J connectivity index is 2.87. The van der Waals surface area contributed by atoms with E-state index in [4.69, 9.17) is 11.6 Å². The Hall–Kier alpha value is -0.360. The monoisotopic (exact) mass is 237 g/mol. The SMILES string of the molecule is C=CCNS(=O)(=O)c1ccc(Cl)s1. The normalized spacial score (nSPS) is 11.5. The molecule has 0 fully saturated rings. The third-order valence-electron chi connectivity index (χ3n) is 1.23. The molecule has 0 bridgehead atoms. The summed E-state index contributed by atoms with van der Waals surface area (Å²) >= 11 is 6.63. The van der Waals surface area contributed by atoms with E-state index in [1.54, 1.807) is 6.07 Å². The van der Waals surface area contributed by atoms with Crippen molar-refractivity contribution in [3.05, 3.63) is 29.1 Å². The van der Waals surface area contributed by atoms with Gasteiger partial charge in [0.1, 0.15) is 4.21 Å². The van der Waals surface area contributed by atoms with Crippen LogP contribution in [0.5, 0.6) is 0 Å². The molecule has 0 aliphatic rings. The van der Waals surface area contributed by atoms with Crippen molar-refractivity contribution in [1.82, 2.24) is 4.72 Å². The summed E-state index contributed by atoms with van der Waals surface area (Å²) in [5.41, 5.74) is 0. The zero-order valence-corrected chi connectivity index (χ0v) is 9.05. The lowest BCUT2D eigenvalue weighted by Gasteiger charge is -1.99.